The van der Waals surface area contributed by atoms with Crippen molar-refractivity contribution in [3.63, 3.8) is 0 Å². The van der Waals surface area contributed by atoms with Gasteiger partial charge in [-0.05, 0) is 50.2 Å². The summed E-state index contributed by atoms with van der Waals surface area (Å²) in [6, 6.07) is 13.6. The summed E-state index contributed by atoms with van der Waals surface area (Å²) in [4.78, 5) is 36.5. The van der Waals surface area contributed by atoms with Gasteiger partial charge in [0.15, 0.2) is 11.7 Å². The smallest absolute Gasteiger partial charge is 0.419 e. The van der Waals surface area contributed by atoms with Gasteiger partial charge in [0.1, 0.15) is 5.75 Å². The number of carbonyl (C=O) groups excluding carboxylic acids is 2. The maximum atomic E-state index is 12.4. The monoisotopic (exact) mass is 383 g/mol. The Bertz CT molecular complexity index is 1030. The van der Waals surface area contributed by atoms with E-state index in [1.54, 1.807) is 48.5 Å². The highest BCUT2D eigenvalue weighted by atomic mass is 16.5. The number of Topliss-reactive ketones (excluding diaryl/α,β-unsaturated/α-hetero) is 1. The third-order valence-electron chi connectivity index (χ3n) is 4.24. The van der Waals surface area contributed by atoms with E-state index in [0.29, 0.717) is 29.0 Å². The highest BCUT2D eigenvalue weighted by Crippen LogP contribution is 2.15. The molecule has 0 amide bonds. The highest BCUT2D eigenvalue weighted by Gasteiger charge is 2.20. The van der Waals surface area contributed by atoms with Gasteiger partial charge in [0.2, 0.25) is 5.78 Å². The van der Waals surface area contributed by atoms with Gasteiger partial charge in [-0.1, -0.05) is 12.1 Å². The largest absolute Gasteiger partial charge is 0.494 e. The van der Waals surface area contributed by atoms with Crippen molar-refractivity contribution in [2.75, 3.05) is 6.61 Å². The van der Waals surface area contributed by atoms with Gasteiger partial charge in [0, 0.05) is 12.1 Å². The number of fused-ring (bicyclic) bond motifs is 1. The fraction of sp³-hybridized carbons (Fsp3) is 0.286. The molecule has 0 saturated heterocycles. The van der Waals surface area contributed by atoms with Crippen molar-refractivity contribution < 1.29 is 23.5 Å². The summed E-state index contributed by atoms with van der Waals surface area (Å²) < 4.78 is 17.1. The number of esters is 1. The van der Waals surface area contributed by atoms with Crippen LogP contribution in [0, 0.1) is 0 Å². The second-order valence-electron chi connectivity index (χ2n) is 6.19. The minimum Gasteiger partial charge on any atom is -0.494 e. The molecule has 1 heterocycles. The Balaban J connectivity index is 1.58. The summed E-state index contributed by atoms with van der Waals surface area (Å²) in [6.45, 7) is 4.05. The highest BCUT2D eigenvalue weighted by molar-refractivity contribution is 6.00. The number of para-hydroxylation sites is 2. The molecule has 0 fully saturated rings. The molecule has 0 bridgehead atoms. The molecule has 0 aliphatic heterocycles. The van der Waals surface area contributed by atoms with Crippen LogP contribution >= 0.6 is 0 Å². The Morgan fingerprint density at radius 3 is 2.54 bits per heavy atom. The van der Waals surface area contributed by atoms with Crippen LogP contribution in [0.3, 0.4) is 0 Å². The molecule has 0 radical (unpaired) electrons. The maximum absolute atomic E-state index is 12.4. The topological polar surface area (TPSA) is 87.7 Å². The Hall–Kier alpha value is -3.35. The second kappa shape index (κ2) is 8.56. The van der Waals surface area contributed by atoms with Crippen LogP contribution in [0.25, 0.3) is 11.1 Å². The lowest BCUT2D eigenvalue weighted by molar-refractivity contribution is -0.146. The molecule has 7 nitrogen and oxygen atoms in total. The van der Waals surface area contributed by atoms with Gasteiger partial charge in [-0.15, -0.1) is 0 Å². The number of oxazole rings is 1. The van der Waals surface area contributed by atoms with Crippen LogP contribution in [-0.2, 0) is 16.1 Å². The van der Waals surface area contributed by atoms with Gasteiger partial charge >= 0.3 is 11.7 Å². The Morgan fingerprint density at radius 1 is 1.11 bits per heavy atom. The third-order valence-corrected chi connectivity index (χ3v) is 4.24. The van der Waals surface area contributed by atoms with Crippen LogP contribution in [0.5, 0.6) is 5.75 Å². The van der Waals surface area contributed by atoms with Crippen LogP contribution < -0.4 is 10.5 Å². The molecular formula is C21H21NO6. The standard InChI is InChI=1S/C21H21NO6/c1-3-26-16-10-8-15(9-11-16)20(24)14(2)27-19(23)12-13-22-17-6-4-5-7-18(17)28-21(22)25/h4-11,14H,3,12-13H2,1-2H3/t14-/m0/s1. The predicted molar refractivity (Wildman–Crippen MR) is 103 cm³/mol. The van der Waals surface area contributed by atoms with Crippen molar-refractivity contribution in [1.29, 1.82) is 0 Å². The number of carbonyl (C=O) groups is 2. The van der Waals surface area contributed by atoms with Gasteiger partial charge in [-0.2, -0.15) is 0 Å². The number of ketones is 1. The summed E-state index contributed by atoms with van der Waals surface area (Å²) in [5.74, 6) is -0.736. The van der Waals surface area contributed by atoms with Crippen LogP contribution in [0.15, 0.2) is 57.7 Å². The molecule has 146 valence electrons. The SMILES string of the molecule is CCOc1ccc(C(=O)[C@H](C)OC(=O)CCn2c(=O)oc3ccccc32)cc1. The summed E-state index contributed by atoms with van der Waals surface area (Å²) in [5.41, 5.74) is 1.50. The zero-order chi connectivity index (χ0) is 20.1. The number of hydrogen-bond donors (Lipinski definition) is 0. The molecule has 3 rings (SSSR count). The van der Waals surface area contributed by atoms with Gasteiger partial charge in [-0.3, -0.25) is 14.2 Å². The van der Waals surface area contributed by atoms with E-state index in [1.807, 2.05) is 6.92 Å². The lowest BCUT2D eigenvalue weighted by atomic mass is 10.1. The third kappa shape index (κ3) is 4.31. The molecular weight excluding hydrogens is 362 g/mol. The summed E-state index contributed by atoms with van der Waals surface area (Å²) in [6.07, 6.45) is -0.979. The van der Waals surface area contributed by atoms with Gasteiger partial charge < -0.3 is 13.9 Å². The van der Waals surface area contributed by atoms with E-state index < -0.39 is 17.8 Å². The molecule has 28 heavy (non-hydrogen) atoms. The summed E-state index contributed by atoms with van der Waals surface area (Å²) in [7, 11) is 0. The molecule has 2 aromatic carbocycles. The lowest BCUT2D eigenvalue weighted by Gasteiger charge is -2.13. The first kappa shape index (κ1) is 19.4. The van der Waals surface area contributed by atoms with E-state index in [9.17, 15) is 14.4 Å². The Kier molecular flexibility index (Phi) is 5.93. The molecule has 0 spiro atoms. The first-order valence-electron chi connectivity index (χ1n) is 9.04. The maximum Gasteiger partial charge on any atom is 0.419 e. The van der Waals surface area contributed by atoms with Crippen molar-refractivity contribution in [2.45, 2.75) is 32.9 Å². The average molecular weight is 383 g/mol. The number of nitrogens with zero attached hydrogens (tertiary/aromatic N) is 1. The molecule has 0 saturated carbocycles. The molecule has 1 aromatic heterocycles. The molecule has 0 aliphatic rings. The first-order chi connectivity index (χ1) is 13.5. The number of aryl methyl sites for hydroxylation is 1. The molecule has 0 N–H and O–H groups in total. The van der Waals surface area contributed by atoms with Gasteiger partial charge in [0.05, 0.1) is 18.5 Å². The van der Waals surface area contributed by atoms with E-state index in [4.69, 9.17) is 13.9 Å². The number of hydrogen-bond acceptors (Lipinski definition) is 6. The molecule has 1 atom stereocenters. The lowest BCUT2D eigenvalue weighted by Crippen LogP contribution is -2.25. The van der Waals surface area contributed by atoms with Crippen LogP contribution in [0.2, 0.25) is 0 Å². The number of rotatable bonds is 8. The van der Waals surface area contributed by atoms with Crippen molar-refractivity contribution in [1.82, 2.24) is 4.57 Å². The zero-order valence-electron chi connectivity index (χ0n) is 15.7. The van der Waals surface area contributed by atoms with E-state index in [-0.39, 0.29) is 18.7 Å². The average Bonchev–Trinajstić information content (AvgIpc) is 3.01. The fourth-order valence-corrected chi connectivity index (χ4v) is 2.86. The number of ether oxygens (including phenoxy) is 2. The van der Waals surface area contributed by atoms with E-state index in [1.165, 1.54) is 11.5 Å². The van der Waals surface area contributed by atoms with Crippen molar-refractivity contribution >= 4 is 22.9 Å². The van der Waals surface area contributed by atoms with E-state index in [0.717, 1.165) is 0 Å². The number of aromatic nitrogens is 1. The van der Waals surface area contributed by atoms with E-state index in [2.05, 4.69) is 0 Å². The quantitative estimate of drug-likeness (QED) is 0.438. The minimum atomic E-state index is -0.928. The van der Waals surface area contributed by atoms with Crippen LogP contribution in [0.1, 0.15) is 30.6 Å². The summed E-state index contributed by atoms with van der Waals surface area (Å²) in [5, 5.41) is 0. The van der Waals surface area contributed by atoms with Crippen LogP contribution in [-0.4, -0.2) is 29.0 Å². The molecule has 7 heteroatoms. The zero-order valence-corrected chi connectivity index (χ0v) is 15.7. The minimum absolute atomic E-state index is 0.0513. The summed E-state index contributed by atoms with van der Waals surface area (Å²) >= 11 is 0. The van der Waals surface area contributed by atoms with Crippen LogP contribution in [0.4, 0.5) is 0 Å². The van der Waals surface area contributed by atoms with Gasteiger partial charge in [-0.25, -0.2) is 4.79 Å². The number of benzene rings is 2. The molecule has 3 aromatic rings. The normalized spacial score (nSPS) is 11.9. The fourth-order valence-electron chi connectivity index (χ4n) is 2.86. The molecule has 0 unspecified atom stereocenters. The Labute approximate surface area is 161 Å². The van der Waals surface area contributed by atoms with Gasteiger partial charge in [0.25, 0.3) is 0 Å². The van der Waals surface area contributed by atoms with E-state index >= 15 is 0 Å². The van der Waals surface area contributed by atoms with Crippen molar-refractivity contribution in [3.8, 4) is 5.75 Å². The van der Waals surface area contributed by atoms with Crippen molar-refractivity contribution in [3.05, 3.63) is 64.6 Å². The first-order valence-corrected chi connectivity index (χ1v) is 9.04. The second-order valence-corrected chi connectivity index (χ2v) is 6.19. The van der Waals surface area contributed by atoms with Crippen molar-refractivity contribution in [2.24, 2.45) is 0 Å². The predicted octanol–water partition coefficient (Wildman–Crippen LogP) is 3.20. The Morgan fingerprint density at radius 2 is 1.82 bits per heavy atom. The molecule has 0 aliphatic carbocycles.